The second-order valence-corrected chi connectivity index (χ2v) is 4.21. The van der Waals surface area contributed by atoms with E-state index in [1.807, 2.05) is 6.07 Å². The number of rotatable bonds is 2. The summed E-state index contributed by atoms with van der Waals surface area (Å²) in [4.78, 5) is 11.1. The zero-order chi connectivity index (χ0) is 11.5. The first kappa shape index (κ1) is 11.0. The number of nitriles is 1. The van der Waals surface area contributed by atoms with Gasteiger partial charge in [0.15, 0.2) is 0 Å². The van der Waals surface area contributed by atoms with Gasteiger partial charge in [0, 0.05) is 23.9 Å². The fourth-order valence-corrected chi connectivity index (χ4v) is 1.91. The van der Waals surface area contributed by atoms with Crippen molar-refractivity contribution in [3.8, 4) is 11.8 Å². The van der Waals surface area contributed by atoms with Gasteiger partial charge in [0.05, 0.1) is 5.56 Å². The Morgan fingerprint density at radius 3 is 2.94 bits per heavy atom. The standard InChI is InChI=1S/C12H10ClNO2/c13-9-2-1-8(7-14)12(5-9)16-11-4-3-10(15)6-11/h1-2,5,11H,3-4,6H2. The van der Waals surface area contributed by atoms with E-state index in [9.17, 15) is 4.79 Å². The van der Waals surface area contributed by atoms with Crippen molar-refractivity contribution in [2.45, 2.75) is 25.4 Å². The fraction of sp³-hybridized carbons (Fsp3) is 0.333. The van der Waals surface area contributed by atoms with Crippen LogP contribution in [0.2, 0.25) is 5.02 Å². The Kier molecular flexibility index (Phi) is 3.12. The quantitative estimate of drug-likeness (QED) is 0.792. The van der Waals surface area contributed by atoms with Crippen molar-refractivity contribution < 1.29 is 9.53 Å². The van der Waals surface area contributed by atoms with Crippen LogP contribution in [0.1, 0.15) is 24.8 Å². The van der Waals surface area contributed by atoms with Gasteiger partial charge in [-0.3, -0.25) is 4.79 Å². The maximum absolute atomic E-state index is 11.1. The van der Waals surface area contributed by atoms with E-state index in [-0.39, 0.29) is 11.9 Å². The molecular weight excluding hydrogens is 226 g/mol. The molecule has 0 heterocycles. The average Bonchev–Trinajstić information content (AvgIpc) is 2.64. The molecule has 3 nitrogen and oxygen atoms in total. The number of carbonyl (C=O) groups is 1. The first-order valence-electron chi connectivity index (χ1n) is 5.07. The molecule has 16 heavy (non-hydrogen) atoms. The first-order chi connectivity index (χ1) is 7.69. The summed E-state index contributed by atoms with van der Waals surface area (Å²) in [5, 5.41) is 9.42. The SMILES string of the molecule is N#Cc1ccc(Cl)cc1OC1CCC(=O)C1. The molecule has 2 rings (SSSR count). The summed E-state index contributed by atoms with van der Waals surface area (Å²) in [5.74, 6) is 0.681. The topological polar surface area (TPSA) is 50.1 Å². The number of benzene rings is 1. The molecule has 1 saturated carbocycles. The smallest absolute Gasteiger partial charge is 0.138 e. The zero-order valence-corrected chi connectivity index (χ0v) is 9.33. The Morgan fingerprint density at radius 2 is 2.31 bits per heavy atom. The number of hydrogen-bond acceptors (Lipinski definition) is 3. The highest BCUT2D eigenvalue weighted by Gasteiger charge is 2.24. The van der Waals surface area contributed by atoms with Crippen molar-refractivity contribution in [1.29, 1.82) is 5.26 Å². The van der Waals surface area contributed by atoms with E-state index in [0.29, 0.717) is 29.2 Å². The summed E-state index contributed by atoms with van der Waals surface area (Å²) in [7, 11) is 0. The largest absolute Gasteiger partial charge is 0.489 e. The summed E-state index contributed by atoms with van der Waals surface area (Å²) in [6, 6.07) is 6.92. The number of ether oxygens (including phenoxy) is 1. The summed E-state index contributed by atoms with van der Waals surface area (Å²) in [6.07, 6.45) is 1.60. The maximum Gasteiger partial charge on any atom is 0.138 e. The normalized spacial score (nSPS) is 19.5. The van der Waals surface area contributed by atoms with E-state index < -0.39 is 0 Å². The summed E-state index contributed by atoms with van der Waals surface area (Å²) in [5.41, 5.74) is 0.448. The molecule has 1 unspecified atom stereocenters. The van der Waals surface area contributed by atoms with Gasteiger partial charge in [-0.2, -0.15) is 5.26 Å². The Balaban J connectivity index is 2.17. The first-order valence-corrected chi connectivity index (χ1v) is 5.45. The van der Waals surface area contributed by atoms with Crippen LogP contribution in [0.5, 0.6) is 5.75 Å². The Morgan fingerprint density at radius 1 is 1.50 bits per heavy atom. The van der Waals surface area contributed by atoms with Crippen molar-refractivity contribution in [3.63, 3.8) is 0 Å². The highest BCUT2D eigenvalue weighted by Crippen LogP contribution is 2.27. The molecule has 1 fully saturated rings. The molecule has 0 N–H and O–H groups in total. The number of hydrogen-bond donors (Lipinski definition) is 0. The van der Waals surface area contributed by atoms with E-state index >= 15 is 0 Å². The summed E-state index contributed by atoms with van der Waals surface area (Å²) >= 11 is 5.83. The second-order valence-electron chi connectivity index (χ2n) is 3.77. The van der Waals surface area contributed by atoms with Crippen LogP contribution in [0.15, 0.2) is 18.2 Å². The van der Waals surface area contributed by atoms with Gasteiger partial charge < -0.3 is 4.74 Å². The van der Waals surface area contributed by atoms with Gasteiger partial charge in [-0.05, 0) is 18.6 Å². The maximum atomic E-state index is 11.1. The third kappa shape index (κ3) is 2.34. The number of halogens is 1. The van der Waals surface area contributed by atoms with Gasteiger partial charge in [0.2, 0.25) is 0 Å². The molecule has 1 aromatic carbocycles. The predicted molar refractivity (Wildman–Crippen MR) is 59.4 cm³/mol. The Bertz CT molecular complexity index is 465. The van der Waals surface area contributed by atoms with Crippen molar-refractivity contribution in [2.75, 3.05) is 0 Å². The molecule has 82 valence electrons. The molecule has 1 aliphatic rings. The van der Waals surface area contributed by atoms with E-state index in [4.69, 9.17) is 21.6 Å². The van der Waals surface area contributed by atoms with E-state index in [2.05, 4.69) is 0 Å². The van der Waals surface area contributed by atoms with E-state index in [1.54, 1.807) is 18.2 Å². The zero-order valence-electron chi connectivity index (χ0n) is 8.57. The lowest BCUT2D eigenvalue weighted by molar-refractivity contribution is -0.117. The molecule has 0 aliphatic heterocycles. The Labute approximate surface area is 98.6 Å². The predicted octanol–water partition coefficient (Wildman–Crippen LogP) is 2.71. The molecule has 0 aromatic heterocycles. The molecule has 4 heteroatoms. The monoisotopic (exact) mass is 235 g/mol. The molecule has 1 aliphatic carbocycles. The van der Waals surface area contributed by atoms with Crippen LogP contribution >= 0.6 is 11.6 Å². The van der Waals surface area contributed by atoms with Gasteiger partial charge in [-0.25, -0.2) is 0 Å². The number of carbonyl (C=O) groups excluding carboxylic acids is 1. The van der Waals surface area contributed by atoms with Gasteiger partial charge in [0.1, 0.15) is 23.7 Å². The van der Waals surface area contributed by atoms with Crippen molar-refractivity contribution in [2.24, 2.45) is 0 Å². The number of ketones is 1. The van der Waals surface area contributed by atoms with Gasteiger partial charge in [-0.15, -0.1) is 0 Å². The number of nitrogens with zero attached hydrogens (tertiary/aromatic N) is 1. The molecule has 1 aromatic rings. The van der Waals surface area contributed by atoms with Crippen LogP contribution in [0, 0.1) is 11.3 Å². The number of Topliss-reactive ketones (excluding diaryl/α,β-unsaturated/α-hetero) is 1. The Hall–Kier alpha value is -1.53. The van der Waals surface area contributed by atoms with Crippen LogP contribution in [0.25, 0.3) is 0 Å². The van der Waals surface area contributed by atoms with Crippen molar-refractivity contribution in [3.05, 3.63) is 28.8 Å². The molecular formula is C12H10ClNO2. The molecule has 0 saturated heterocycles. The van der Waals surface area contributed by atoms with Crippen LogP contribution in [-0.4, -0.2) is 11.9 Å². The minimum absolute atomic E-state index is 0.113. The lowest BCUT2D eigenvalue weighted by Crippen LogP contribution is -2.12. The third-order valence-electron chi connectivity index (χ3n) is 2.56. The van der Waals surface area contributed by atoms with Crippen LogP contribution in [-0.2, 0) is 4.79 Å². The summed E-state index contributed by atoms with van der Waals surface area (Å²) < 4.78 is 5.62. The van der Waals surface area contributed by atoms with E-state index in [0.717, 1.165) is 6.42 Å². The molecule has 1 atom stereocenters. The van der Waals surface area contributed by atoms with Crippen LogP contribution in [0.4, 0.5) is 0 Å². The summed E-state index contributed by atoms with van der Waals surface area (Å²) in [6.45, 7) is 0. The van der Waals surface area contributed by atoms with Gasteiger partial charge >= 0.3 is 0 Å². The molecule has 0 radical (unpaired) electrons. The van der Waals surface area contributed by atoms with Crippen LogP contribution in [0.3, 0.4) is 0 Å². The van der Waals surface area contributed by atoms with Crippen molar-refractivity contribution in [1.82, 2.24) is 0 Å². The second kappa shape index (κ2) is 4.54. The third-order valence-corrected chi connectivity index (χ3v) is 2.79. The van der Waals surface area contributed by atoms with Gasteiger partial charge in [0.25, 0.3) is 0 Å². The minimum Gasteiger partial charge on any atom is -0.489 e. The highest BCUT2D eigenvalue weighted by molar-refractivity contribution is 6.30. The minimum atomic E-state index is -0.113. The molecule has 0 amide bonds. The van der Waals surface area contributed by atoms with E-state index in [1.165, 1.54) is 0 Å². The average molecular weight is 236 g/mol. The lowest BCUT2D eigenvalue weighted by Gasteiger charge is -2.13. The van der Waals surface area contributed by atoms with Crippen molar-refractivity contribution >= 4 is 17.4 Å². The lowest BCUT2D eigenvalue weighted by atomic mass is 10.2. The molecule has 0 spiro atoms. The molecule has 0 bridgehead atoms. The fourth-order valence-electron chi connectivity index (χ4n) is 1.75. The highest BCUT2D eigenvalue weighted by atomic mass is 35.5. The van der Waals surface area contributed by atoms with Crippen LogP contribution < -0.4 is 4.74 Å². The van der Waals surface area contributed by atoms with Gasteiger partial charge in [-0.1, -0.05) is 11.6 Å².